The molecule has 5 heteroatoms. The third-order valence-electron chi connectivity index (χ3n) is 3.69. The van der Waals surface area contributed by atoms with Crippen LogP contribution in [0.2, 0.25) is 0 Å². The van der Waals surface area contributed by atoms with Crippen molar-refractivity contribution in [1.29, 1.82) is 0 Å². The van der Waals surface area contributed by atoms with Crippen molar-refractivity contribution in [3.63, 3.8) is 0 Å². The number of hydrogen-bond donors (Lipinski definition) is 2. The number of benzene rings is 2. The second kappa shape index (κ2) is 5.60. The Balaban J connectivity index is 1.86. The molecule has 0 aliphatic carbocycles. The highest BCUT2D eigenvalue weighted by atomic mass is 19.1. The van der Waals surface area contributed by atoms with E-state index in [-0.39, 0.29) is 18.2 Å². The van der Waals surface area contributed by atoms with Gasteiger partial charge in [-0.15, -0.1) is 0 Å². The topological polar surface area (TPSA) is 58.2 Å². The van der Waals surface area contributed by atoms with Gasteiger partial charge in [0.05, 0.1) is 5.92 Å². The number of nitrogens with one attached hydrogen (secondary N) is 2. The quantitative estimate of drug-likeness (QED) is 0.894. The van der Waals surface area contributed by atoms with Gasteiger partial charge in [-0.05, 0) is 36.8 Å². The predicted octanol–water partition coefficient (Wildman–Crippen LogP) is 3.20. The summed E-state index contributed by atoms with van der Waals surface area (Å²) < 4.78 is 13.3. The van der Waals surface area contributed by atoms with Crippen molar-refractivity contribution in [2.75, 3.05) is 10.6 Å². The minimum atomic E-state index is -0.620. The highest BCUT2D eigenvalue weighted by Gasteiger charge is 2.30. The molecule has 1 heterocycles. The van der Waals surface area contributed by atoms with Gasteiger partial charge in [0, 0.05) is 17.8 Å². The molecule has 0 fully saturated rings. The molecule has 3 rings (SSSR count). The van der Waals surface area contributed by atoms with Crippen LogP contribution in [0.15, 0.2) is 42.5 Å². The molecule has 4 nitrogen and oxygen atoms in total. The summed E-state index contributed by atoms with van der Waals surface area (Å²) in [6.45, 7) is 1.96. The summed E-state index contributed by atoms with van der Waals surface area (Å²) in [5.41, 5.74) is 2.76. The van der Waals surface area contributed by atoms with Gasteiger partial charge >= 0.3 is 0 Å². The Kier molecular flexibility index (Phi) is 3.63. The van der Waals surface area contributed by atoms with Crippen LogP contribution in [0.4, 0.5) is 15.8 Å². The van der Waals surface area contributed by atoms with Crippen LogP contribution in [0, 0.1) is 12.7 Å². The lowest BCUT2D eigenvalue weighted by Gasteiger charge is -2.24. The molecule has 1 atom stereocenters. The molecule has 0 bridgehead atoms. The first-order valence-corrected chi connectivity index (χ1v) is 7.00. The fourth-order valence-corrected chi connectivity index (χ4v) is 2.54. The van der Waals surface area contributed by atoms with Crippen LogP contribution >= 0.6 is 0 Å². The molecule has 2 amide bonds. The lowest BCUT2D eigenvalue weighted by molar-refractivity contribution is -0.123. The van der Waals surface area contributed by atoms with Crippen molar-refractivity contribution in [3.05, 3.63) is 59.4 Å². The van der Waals surface area contributed by atoms with Gasteiger partial charge in [0.2, 0.25) is 11.8 Å². The van der Waals surface area contributed by atoms with E-state index in [1.807, 2.05) is 31.2 Å². The molecule has 0 saturated heterocycles. The molecule has 2 aromatic rings. The number of fused-ring (bicyclic) bond motifs is 1. The number of anilines is 2. The first-order valence-electron chi connectivity index (χ1n) is 7.00. The Hall–Kier alpha value is -2.69. The zero-order chi connectivity index (χ0) is 15.7. The highest BCUT2D eigenvalue weighted by Crippen LogP contribution is 2.33. The number of amides is 2. The number of hydrogen-bond acceptors (Lipinski definition) is 2. The van der Waals surface area contributed by atoms with Crippen LogP contribution in [0.3, 0.4) is 0 Å². The van der Waals surface area contributed by atoms with Crippen LogP contribution in [-0.2, 0) is 9.59 Å². The lowest BCUT2D eigenvalue weighted by Crippen LogP contribution is -2.30. The second-order valence-electron chi connectivity index (χ2n) is 5.39. The first-order chi connectivity index (χ1) is 10.5. The largest absolute Gasteiger partial charge is 0.326 e. The second-order valence-corrected chi connectivity index (χ2v) is 5.39. The Morgan fingerprint density at radius 1 is 1.23 bits per heavy atom. The van der Waals surface area contributed by atoms with Crippen LogP contribution in [0.1, 0.15) is 23.5 Å². The summed E-state index contributed by atoms with van der Waals surface area (Å²) in [5.74, 6) is -1.63. The van der Waals surface area contributed by atoms with Gasteiger partial charge in [-0.3, -0.25) is 9.59 Å². The Bertz CT molecular complexity index is 741. The fraction of sp³-hybridized carbons (Fsp3) is 0.176. The molecular weight excluding hydrogens is 283 g/mol. The molecule has 22 heavy (non-hydrogen) atoms. The third-order valence-corrected chi connectivity index (χ3v) is 3.69. The average Bonchev–Trinajstić information content (AvgIpc) is 2.48. The van der Waals surface area contributed by atoms with E-state index in [0.717, 1.165) is 5.56 Å². The minimum absolute atomic E-state index is 0.0519. The van der Waals surface area contributed by atoms with Crippen molar-refractivity contribution in [2.45, 2.75) is 19.3 Å². The van der Waals surface area contributed by atoms with Gasteiger partial charge in [-0.1, -0.05) is 23.8 Å². The maximum Gasteiger partial charge on any atom is 0.232 e. The number of rotatable bonds is 2. The van der Waals surface area contributed by atoms with Crippen LogP contribution in [-0.4, -0.2) is 11.8 Å². The van der Waals surface area contributed by atoms with Crippen LogP contribution in [0.5, 0.6) is 0 Å². The van der Waals surface area contributed by atoms with E-state index in [9.17, 15) is 14.0 Å². The van der Waals surface area contributed by atoms with Crippen molar-refractivity contribution < 1.29 is 14.0 Å². The maximum atomic E-state index is 13.3. The smallest absolute Gasteiger partial charge is 0.232 e. The fourth-order valence-electron chi connectivity index (χ4n) is 2.54. The van der Waals surface area contributed by atoms with Gasteiger partial charge in [0.1, 0.15) is 5.82 Å². The molecule has 2 aromatic carbocycles. The van der Waals surface area contributed by atoms with E-state index < -0.39 is 11.7 Å². The Morgan fingerprint density at radius 2 is 1.95 bits per heavy atom. The summed E-state index contributed by atoms with van der Waals surface area (Å²) in [6.07, 6.45) is 0.0519. The zero-order valence-corrected chi connectivity index (χ0v) is 12.0. The molecule has 1 aliphatic heterocycles. The molecule has 2 N–H and O–H groups in total. The van der Waals surface area contributed by atoms with E-state index in [2.05, 4.69) is 10.6 Å². The molecule has 0 spiro atoms. The lowest BCUT2D eigenvalue weighted by atomic mass is 9.89. The highest BCUT2D eigenvalue weighted by molar-refractivity contribution is 6.05. The van der Waals surface area contributed by atoms with E-state index >= 15 is 0 Å². The predicted molar refractivity (Wildman–Crippen MR) is 82.2 cm³/mol. The SMILES string of the molecule is Cc1ccc(NC(=O)C2CC(=O)Nc3cc(F)ccc32)cc1. The zero-order valence-electron chi connectivity index (χ0n) is 12.0. The summed E-state index contributed by atoms with van der Waals surface area (Å²) in [5, 5.41) is 5.40. The number of halogens is 1. The third kappa shape index (κ3) is 2.83. The van der Waals surface area contributed by atoms with Gasteiger partial charge in [0.15, 0.2) is 0 Å². The normalized spacial score (nSPS) is 16.6. The summed E-state index contributed by atoms with van der Waals surface area (Å²) in [7, 11) is 0. The monoisotopic (exact) mass is 298 g/mol. The minimum Gasteiger partial charge on any atom is -0.326 e. The van der Waals surface area contributed by atoms with Crippen molar-refractivity contribution in [2.24, 2.45) is 0 Å². The molecule has 1 aliphatic rings. The van der Waals surface area contributed by atoms with E-state index in [0.29, 0.717) is 16.9 Å². The molecule has 112 valence electrons. The van der Waals surface area contributed by atoms with E-state index in [1.165, 1.54) is 12.1 Å². The Labute approximate surface area is 127 Å². The maximum absolute atomic E-state index is 13.3. The number of carbonyl (C=O) groups excluding carboxylic acids is 2. The molecule has 0 radical (unpaired) electrons. The van der Waals surface area contributed by atoms with Gasteiger partial charge in [-0.25, -0.2) is 4.39 Å². The summed E-state index contributed by atoms with van der Waals surface area (Å²) >= 11 is 0. The summed E-state index contributed by atoms with van der Waals surface area (Å²) in [4.78, 5) is 24.2. The molecule has 1 unspecified atom stereocenters. The van der Waals surface area contributed by atoms with Crippen molar-refractivity contribution >= 4 is 23.2 Å². The molecule has 0 aromatic heterocycles. The van der Waals surface area contributed by atoms with Gasteiger partial charge < -0.3 is 10.6 Å². The van der Waals surface area contributed by atoms with Crippen LogP contribution < -0.4 is 10.6 Å². The van der Waals surface area contributed by atoms with Crippen LogP contribution in [0.25, 0.3) is 0 Å². The summed E-state index contributed by atoms with van der Waals surface area (Å²) in [6, 6.07) is 11.5. The average molecular weight is 298 g/mol. The standard InChI is InChI=1S/C17H15FN2O2/c1-10-2-5-12(6-3-10)19-17(22)14-9-16(21)20-15-8-11(18)4-7-13(14)15/h2-8,14H,9H2,1H3,(H,19,22)(H,20,21). The first kappa shape index (κ1) is 14.3. The van der Waals surface area contributed by atoms with E-state index in [1.54, 1.807) is 6.07 Å². The number of carbonyl (C=O) groups is 2. The van der Waals surface area contributed by atoms with E-state index in [4.69, 9.17) is 0 Å². The van der Waals surface area contributed by atoms with Gasteiger partial charge in [-0.2, -0.15) is 0 Å². The van der Waals surface area contributed by atoms with Crippen molar-refractivity contribution in [1.82, 2.24) is 0 Å². The van der Waals surface area contributed by atoms with Crippen molar-refractivity contribution in [3.8, 4) is 0 Å². The number of aryl methyl sites for hydroxylation is 1. The Morgan fingerprint density at radius 3 is 2.68 bits per heavy atom. The molecule has 0 saturated carbocycles. The molecular formula is C17H15FN2O2. The van der Waals surface area contributed by atoms with Gasteiger partial charge in [0.25, 0.3) is 0 Å².